The third-order valence-electron chi connectivity index (χ3n) is 5.46. The van der Waals surface area contributed by atoms with Gasteiger partial charge in [0.2, 0.25) is 17.7 Å². The maximum atomic E-state index is 13.7. The van der Waals surface area contributed by atoms with Gasteiger partial charge in [-0.25, -0.2) is 9.55 Å². The van der Waals surface area contributed by atoms with E-state index in [1.54, 1.807) is 48.9 Å². The van der Waals surface area contributed by atoms with Crippen molar-refractivity contribution in [1.29, 1.82) is 0 Å². The van der Waals surface area contributed by atoms with Crippen LogP contribution in [0.3, 0.4) is 0 Å². The molecule has 0 aromatic carbocycles. The second-order valence-electron chi connectivity index (χ2n) is 8.09. The zero-order chi connectivity index (χ0) is 26.7. The molecule has 0 amide bonds. The average Bonchev–Trinajstić information content (AvgIpc) is 3.16. The van der Waals surface area contributed by atoms with Crippen molar-refractivity contribution >= 4 is 24.9 Å². The molecule has 0 radical (unpaired) electrons. The molecule has 1 fully saturated rings. The van der Waals surface area contributed by atoms with Gasteiger partial charge in [-0.05, 0) is 24.3 Å². The molecular formula is C22H24N7O8P. The number of nitrogens with two attached hydrogens (primary N) is 1. The lowest BCUT2D eigenvalue weighted by atomic mass is 10.1. The van der Waals surface area contributed by atoms with Gasteiger partial charge in [0.05, 0.1) is 12.9 Å². The quantitative estimate of drug-likeness (QED) is 0.250. The first-order valence-corrected chi connectivity index (χ1v) is 12.8. The van der Waals surface area contributed by atoms with Crippen molar-refractivity contribution in [3.05, 3.63) is 89.5 Å². The van der Waals surface area contributed by atoms with Gasteiger partial charge in [0.1, 0.15) is 18.3 Å². The Bertz CT molecular complexity index is 1440. The number of hydrogen-bond acceptors (Lipinski definition) is 13. The van der Waals surface area contributed by atoms with E-state index in [9.17, 15) is 19.6 Å². The molecule has 2 aromatic heterocycles. The van der Waals surface area contributed by atoms with E-state index in [2.05, 4.69) is 25.6 Å². The molecule has 5 rings (SSSR count). The van der Waals surface area contributed by atoms with Crippen molar-refractivity contribution in [2.24, 2.45) is 0 Å². The fourth-order valence-electron chi connectivity index (χ4n) is 3.70. The normalized spacial score (nSPS) is 24.8. The smallest absolute Gasteiger partial charge is 0.387 e. The second-order valence-corrected chi connectivity index (χ2v) is 9.60. The Hall–Kier alpha value is -4.14. The highest BCUT2D eigenvalue weighted by molar-refractivity contribution is 7.48. The van der Waals surface area contributed by atoms with Crippen molar-refractivity contribution in [3.63, 3.8) is 0 Å². The minimum atomic E-state index is -4.39. The maximum Gasteiger partial charge on any atom is 0.590 e. The summed E-state index contributed by atoms with van der Waals surface area (Å²) in [5.74, 6) is -0.0175. The fourth-order valence-corrected chi connectivity index (χ4v) is 4.88. The molecule has 4 atom stereocenters. The van der Waals surface area contributed by atoms with Crippen molar-refractivity contribution in [2.75, 3.05) is 12.3 Å². The standard InChI is InChI=1S/C22H24N7O8P/c23-22-27-19-16(20(32)28-22)26-12-29(19)21-18(31)17(30)13(35-21)11-34-38(33,36-14-7-3-1-5-9-24-14)37-15-8-4-2-6-10-25-15/h1-10,12-13,17-18,21,24-25,30-31H,11H2,(H3,23,27,28,32)/t13-,17-,18-,21-/m1/s1. The van der Waals surface area contributed by atoms with Crippen LogP contribution in [0, 0.1) is 0 Å². The molecule has 16 heteroatoms. The topological polar surface area (TPSA) is 208 Å². The van der Waals surface area contributed by atoms with Gasteiger partial charge >= 0.3 is 7.82 Å². The number of aliphatic hydroxyl groups is 2. The summed E-state index contributed by atoms with van der Waals surface area (Å²) in [5.41, 5.74) is 5.07. The van der Waals surface area contributed by atoms with Gasteiger partial charge in [0.25, 0.3) is 5.56 Å². The van der Waals surface area contributed by atoms with E-state index in [1.807, 2.05) is 0 Å². The molecule has 0 bridgehead atoms. The number of allylic oxidation sites excluding steroid dienone is 8. The van der Waals surface area contributed by atoms with Crippen LogP contribution in [0.25, 0.3) is 11.2 Å². The number of nitrogens with zero attached hydrogens (tertiary/aromatic N) is 3. The summed E-state index contributed by atoms with van der Waals surface area (Å²) in [5, 5.41) is 27.0. The summed E-state index contributed by atoms with van der Waals surface area (Å²) in [6, 6.07) is 0. The van der Waals surface area contributed by atoms with E-state index in [0.29, 0.717) is 0 Å². The van der Waals surface area contributed by atoms with Gasteiger partial charge in [-0.1, -0.05) is 24.3 Å². The summed E-state index contributed by atoms with van der Waals surface area (Å²) in [4.78, 5) is 22.5. The number of ether oxygens (including phenoxy) is 1. The molecule has 38 heavy (non-hydrogen) atoms. The summed E-state index contributed by atoms with van der Waals surface area (Å²) < 4.78 is 37.4. The number of hydrogen-bond donors (Lipinski definition) is 6. The molecule has 7 N–H and O–H groups in total. The van der Waals surface area contributed by atoms with E-state index in [1.165, 1.54) is 23.0 Å². The van der Waals surface area contributed by atoms with E-state index in [-0.39, 0.29) is 28.9 Å². The highest BCUT2D eigenvalue weighted by atomic mass is 31.2. The number of aliphatic hydroxyl groups excluding tert-OH is 2. The number of fused-ring (bicyclic) bond motifs is 1. The van der Waals surface area contributed by atoms with Crippen LogP contribution in [-0.4, -0.2) is 54.7 Å². The number of imidazole rings is 1. The lowest BCUT2D eigenvalue weighted by molar-refractivity contribution is -0.0513. The Morgan fingerprint density at radius 3 is 2.34 bits per heavy atom. The first-order chi connectivity index (χ1) is 18.3. The predicted molar refractivity (Wildman–Crippen MR) is 133 cm³/mol. The lowest BCUT2D eigenvalue weighted by Crippen LogP contribution is -2.33. The first kappa shape index (κ1) is 25.5. The summed E-state index contributed by atoms with van der Waals surface area (Å²) in [6.07, 6.45) is 12.2. The van der Waals surface area contributed by atoms with E-state index < -0.39 is 44.5 Å². The fraction of sp³-hybridized carbons (Fsp3) is 0.227. The Balaban J connectivity index is 1.35. The van der Waals surface area contributed by atoms with Crippen molar-refractivity contribution in [2.45, 2.75) is 24.5 Å². The van der Waals surface area contributed by atoms with E-state index in [0.717, 1.165) is 0 Å². The monoisotopic (exact) mass is 545 g/mol. The van der Waals surface area contributed by atoms with Crippen LogP contribution in [0.2, 0.25) is 0 Å². The minimum Gasteiger partial charge on any atom is -0.387 e. The van der Waals surface area contributed by atoms with Gasteiger partial charge in [-0.3, -0.25) is 18.9 Å². The van der Waals surface area contributed by atoms with Crippen LogP contribution in [-0.2, 0) is 22.9 Å². The van der Waals surface area contributed by atoms with Crippen molar-refractivity contribution in [1.82, 2.24) is 30.2 Å². The first-order valence-electron chi connectivity index (χ1n) is 11.3. The number of nitrogens with one attached hydrogen (secondary N) is 3. The number of H-pyrrole nitrogens is 1. The van der Waals surface area contributed by atoms with Crippen LogP contribution >= 0.6 is 7.82 Å². The Labute approximate surface area is 214 Å². The molecule has 2 aromatic rings. The van der Waals surface area contributed by atoms with Crippen LogP contribution in [0.15, 0.2) is 83.9 Å². The van der Waals surface area contributed by atoms with Gasteiger partial charge < -0.3 is 40.4 Å². The van der Waals surface area contributed by atoms with Gasteiger partial charge in [-0.2, -0.15) is 4.98 Å². The van der Waals surface area contributed by atoms with Gasteiger partial charge in [0.15, 0.2) is 17.4 Å². The molecule has 0 spiro atoms. The molecule has 0 saturated carbocycles. The number of aromatic amines is 1. The van der Waals surface area contributed by atoms with Crippen molar-refractivity contribution < 1.29 is 33.1 Å². The average molecular weight is 545 g/mol. The number of rotatable bonds is 8. The largest absolute Gasteiger partial charge is 0.590 e. The number of phosphoric ester groups is 1. The number of anilines is 1. The molecule has 200 valence electrons. The number of phosphoric acid groups is 1. The second kappa shape index (κ2) is 10.7. The molecule has 0 aliphatic carbocycles. The zero-order valence-electron chi connectivity index (χ0n) is 19.6. The molecule has 0 unspecified atom stereocenters. The van der Waals surface area contributed by atoms with Crippen LogP contribution < -0.4 is 21.9 Å². The molecule has 3 aliphatic rings. The minimum absolute atomic E-state index is 0.0324. The Kier molecular flexibility index (Phi) is 7.18. The summed E-state index contributed by atoms with van der Waals surface area (Å²) >= 11 is 0. The lowest BCUT2D eigenvalue weighted by Gasteiger charge is -2.23. The SMILES string of the molecule is Nc1nc2c(ncn2[C@@H]2O[C@H](COP(=O)(OC3=CC=CC=CN3)OC3=CC=CC=CN3)[C@@H](O)[C@H]2O)c(=O)[nH]1. The Morgan fingerprint density at radius 1 is 1.03 bits per heavy atom. The number of nitrogen functional groups attached to an aromatic ring is 1. The third kappa shape index (κ3) is 5.41. The molecule has 3 aliphatic heterocycles. The van der Waals surface area contributed by atoms with Gasteiger partial charge in [0, 0.05) is 12.4 Å². The Morgan fingerprint density at radius 2 is 1.68 bits per heavy atom. The predicted octanol–water partition coefficient (Wildman–Crippen LogP) is 0.508. The highest BCUT2D eigenvalue weighted by Crippen LogP contribution is 2.53. The number of aromatic nitrogens is 4. The molecular weight excluding hydrogens is 521 g/mol. The molecule has 5 heterocycles. The third-order valence-corrected chi connectivity index (χ3v) is 6.77. The molecule has 1 saturated heterocycles. The summed E-state index contributed by atoms with van der Waals surface area (Å²) in [6.45, 7) is -0.507. The zero-order valence-corrected chi connectivity index (χ0v) is 20.5. The summed E-state index contributed by atoms with van der Waals surface area (Å²) in [7, 11) is -4.39. The maximum absolute atomic E-state index is 13.7. The van der Waals surface area contributed by atoms with Crippen molar-refractivity contribution in [3.8, 4) is 0 Å². The van der Waals surface area contributed by atoms with Crippen LogP contribution in [0.4, 0.5) is 5.95 Å². The molecule has 15 nitrogen and oxygen atoms in total. The highest BCUT2D eigenvalue weighted by Gasteiger charge is 2.46. The van der Waals surface area contributed by atoms with E-state index >= 15 is 0 Å². The van der Waals surface area contributed by atoms with Crippen LogP contribution in [0.5, 0.6) is 0 Å². The van der Waals surface area contributed by atoms with Gasteiger partial charge in [-0.15, -0.1) is 0 Å². The van der Waals surface area contributed by atoms with E-state index in [4.69, 9.17) is 24.0 Å². The van der Waals surface area contributed by atoms with Crippen LogP contribution in [0.1, 0.15) is 6.23 Å².